The number of nitrogens with zero attached hydrogens (tertiary/aromatic N) is 1. The van der Waals surface area contributed by atoms with Crippen LogP contribution in [0.2, 0.25) is 6.82 Å². The number of hydrogen-bond acceptors (Lipinski definition) is 2. The van der Waals surface area contributed by atoms with E-state index in [-0.39, 0.29) is 0 Å². The third-order valence-electron chi connectivity index (χ3n) is 1.03. The molecule has 8 heavy (non-hydrogen) atoms. The molecule has 0 spiro atoms. The molecule has 1 nitrogen and oxygen atoms in total. The second-order valence-corrected chi connectivity index (χ2v) is 2.77. The van der Waals surface area contributed by atoms with Crippen molar-refractivity contribution in [3.8, 4) is 0 Å². The van der Waals surface area contributed by atoms with Gasteiger partial charge >= 0.3 is 0 Å². The van der Waals surface area contributed by atoms with Gasteiger partial charge in [0.2, 0.25) is 0 Å². The summed E-state index contributed by atoms with van der Waals surface area (Å²) >= 11 is 1.72. The Labute approximate surface area is 54.0 Å². The molecule has 0 aliphatic carbocycles. The number of thiazole rings is 1. The predicted molar refractivity (Wildman–Crippen MR) is 39.5 cm³/mol. The first-order valence-corrected chi connectivity index (χ1v) is 3.62. The summed E-state index contributed by atoms with van der Waals surface area (Å²) in [5.74, 6) is 0. The lowest BCUT2D eigenvalue weighted by Gasteiger charge is -1.77. The number of aromatic nitrogens is 1. The molecule has 0 radical (unpaired) electrons. The molecule has 0 N–H and O–H groups in total. The van der Waals surface area contributed by atoms with Gasteiger partial charge in [-0.1, -0.05) is 6.82 Å². The van der Waals surface area contributed by atoms with E-state index in [1.807, 2.05) is 6.92 Å². The van der Waals surface area contributed by atoms with E-state index in [4.69, 9.17) is 0 Å². The van der Waals surface area contributed by atoms with E-state index < -0.39 is 0 Å². The maximum Gasteiger partial charge on any atom is 0.180 e. The van der Waals surface area contributed by atoms with Crippen LogP contribution in [0.1, 0.15) is 5.01 Å². The summed E-state index contributed by atoms with van der Waals surface area (Å²) in [5.41, 5.74) is 1.22. The van der Waals surface area contributed by atoms with Crippen LogP contribution in [-0.2, 0) is 0 Å². The summed E-state index contributed by atoms with van der Waals surface area (Å²) in [6.45, 7) is 4.15. The van der Waals surface area contributed by atoms with Crippen LogP contribution < -0.4 is 5.59 Å². The largest absolute Gasteiger partial charge is 0.257 e. The highest BCUT2D eigenvalue weighted by Gasteiger charge is 1.92. The normalized spacial score (nSPS) is 9.25. The van der Waals surface area contributed by atoms with Crippen molar-refractivity contribution in [3.63, 3.8) is 0 Å². The molecule has 1 aromatic heterocycles. The fourth-order valence-corrected chi connectivity index (χ4v) is 1.27. The van der Waals surface area contributed by atoms with Crippen molar-refractivity contribution in [2.45, 2.75) is 13.7 Å². The quantitative estimate of drug-likeness (QED) is 0.499. The molecular weight excluding hydrogens is 117 g/mol. The van der Waals surface area contributed by atoms with E-state index in [1.54, 1.807) is 11.3 Å². The molecule has 0 bridgehead atoms. The van der Waals surface area contributed by atoms with Crippen molar-refractivity contribution in [3.05, 3.63) is 10.4 Å². The average molecular weight is 125 g/mol. The fourth-order valence-electron chi connectivity index (χ4n) is 0.571. The Morgan fingerprint density at radius 2 is 2.50 bits per heavy atom. The number of rotatable bonds is 1. The van der Waals surface area contributed by atoms with Crippen molar-refractivity contribution < 1.29 is 0 Å². The van der Waals surface area contributed by atoms with Gasteiger partial charge in [-0.25, -0.2) is 0 Å². The van der Waals surface area contributed by atoms with Gasteiger partial charge in [-0.3, -0.25) is 4.98 Å². The van der Waals surface area contributed by atoms with E-state index in [1.165, 1.54) is 10.6 Å². The van der Waals surface area contributed by atoms with E-state index in [2.05, 4.69) is 17.2 Å². The first-order chi connectivity index (χ1) is 3.83. The predicted octanol–water partition coefficient (Wildman–Crippen LogP) is 0.561. The standard InChI is InChI=1S/C5H8BNS/c1-4-7-5(6-2)3-8-4/h3,6H,1-2H3. The Balaban J connectivity index is 2.84. The van der Waals surface area contributed by atoms with E-state index >= 15 is 0 Å². The maximum absolute atomic E-state index is 4.25. The zero-order valence-electron chi connectivity index (χ0n) is 5.14. The van der Waals surface area contributed by atoms with Crippen molar-refractivity contribution in [1.82, 2.24) is 4.98 Å². The molecule has 3 heteroatoms. The lowest BCUT2D eigenvalue weighted by atomic mass is 9.79. The molecule has 1 heterocycles. The molecule has 0 unspecified atom stereocenters. The van der Waals surface area contributed by atoms with Crippen LogP contribution in [0.4, 0.5) is 0 Å². The third-order valence-corrected chi connectivity index (χ3v) is 1.85. The minimum atomic E-state index is 1.06. The van der Waals surface area contributed by atoms with Gasteiger partial charge in [0, 0.05) is 11.0 Å². The van der Waals surface area contributed by atoms with Gasteiger partial charge in [0.1, 0.15) is 0 Å². The molecule has 0 aliphatic rings. The SMILES string of the molecule is CBc1csc(C)n1. The summed E-state index contributed by atoms with van der Waals surface area (Å²) in [4.78, 5) is 4.25. The van der Waals surface area contributed by atoms with Gasteiger partial charge in [0.15, 0.2) is 7.28 Å². The molecule has 0 aliphatic heterocycles. The minimum absolute atomic E-state index is 1.06. The second kappa shape index (κ2) is 2.31. The van der Waals surface area contributed by atoms with Gasteiger partial charge in [0.25, 0.3) is 0 Å². The Morgan fingerprint density at radius 3 is 2.75 bits per heavy atom. The average Bonchev–Trinajstić information content (AvgIpc) is 2.14. The van der Waals surface area contributed by atoms with Crippen molar-refractivity contribution in [1.29, 1.82) is 0 Å². The van der Waals surface area contributed by atoms with Gasteiger partial charge < -0.3 is 0 Å². The molecule has 0 saturated heterocycles. The monoisotopic (exact) mass is 125 g/mol. The van der Waals surface area contributed by atoms with Crippen LogP contribution in [0.5, 0.6) is 0 Å². The highest BCUT2D eigenvalue weighted by molar-refractivity contribution is 7.10. The van der Waals surface area contributed by atoms with Gasteiger partial charge in [-0.15, -0.1) is 11.3 Å². The molecule has 0 atom stereocenters. The lowest BCUT2D eigenvalue weighted by Crippen LogP contribution is -2.10. The molecule has 0 amide bonds. The second-order valence-electron chi connectivity index (χ2n) is 1.71. The molecule has 0 saturated carbocycles. The van der Waals surface area contributed by atoms with Crippen molar-refractivity contribution in [2.24, 2.45) is 0 Å². The molecule has 42 valence electrons. The van der Waals surface area contributed by atoms with E-state index in [9.17, 15) is 0 Å². The summed E-state index contributed by atoms with van der Waals surface area (Å²) in [5, 5.41) is 3.27. The number of aryl methyl sites for hydroxylation is 1. The highest BCUT2D eigenvalue weighted by Crippen LogP contribution is 1.97. The van der Waals surface area contributed by atoms with Crippen LogP contribution in [0.3, 0.4) is 0 Å². The Kier molecular flexibility index (Phi) is 1.68. The summed E-state index contributed by atoms with van der Waals surface area (Å²) < 4.78 is 0. The van der Waals surface area contributed by atoms with Crippen LogP contribution in [0, 0.1) is 6.92 Å². The first-order valence-electron chi connectivity index (χ1n) is 2.74. The van der Waals surface area contributed by atoms with Gasteiger partial charge in [0.05, 0.1) is 5.01 Å². The summed E-state index contributed by atoms with van der Waals surface area (Å²) in [7, 11) is 1.06. The number of hydrogen-bond donors (Lipinski definition) is 0. The van der Waals surface area contributed by atoms with Crippen molar-refractivity contribution in [2.75, 3.05) is 0 Å². The third kappa shape index (κ3) is 1.10. The topological polar surface area (TPSA) is 12.9 Å². The smallest absolute Gasteiger partial charge is 0.180 e. The van der Waals surface area contributed by atoms with E-state index in [0.717, 1.165) is 7.28 Å². The van der Waals surface area contributed by atoms with Crippen LogP contribution >= 0.6 is 11.3 Å². The Morgan fingerprint density at radius 1 is 1.75 bits per heavy atom. The fraction of sp³-hybridized carbons (Fsp3) is 0.400. The molecule has 1 aromatic rings. The van der Waals surface area contributed by atoms with Crippen LogP contribution in [0.25, 0.3) is 0 Å². The van der Waals surface area contributed by atoms with E-state index in [0.29, 0.717) is 0 Å². The van der Waals surface area contributed by atoms with Crippen molar-refractivity contribution >= 4 is 24.2 Å². The van der Waals surface area contributed by atoms with Gasteiger partial charge in [-0.05, 0) is 6.92 Å². The Hall–Kier alpha value is -0.305. The Bertz CT molecular complexity index is 173. The molecule has 1 rings (SSSR count). The minimum Gasteiger partial charge on any atom is -0.257 e. The maximum atomic E-state index is 4.25. The van der Waals surface area contributed by atoms with Crippen LogP contribution in [-0.4, -0.2) is 12.3 Å². The summed E-state index contributed by atoms with van der Waals surface area (Å²) in [6, 6.07) is 0. The lowest BCUT2D eigenvalue weighted by molar-refractivity contribution is 1.34. The highest BCUT2D eigenvalue weighted by atomic mass is 32.1. The zero-order valence-corrected chi connectivity index (χ0v) is 5.96. The molecule has 0 aromatic carbocycles. The first kappa shape index (κ1) is 5.82. The zero-order chi connectivity index (χ0) is 5.98. The molecular formula is C5H8BNS. The van der Waals surface area contributed by atoms with Gasteiger partial charge in [-0.2, -0.15) is 0 Å². The molecule has 0 fully saturated rings. The van der Waals surface area contributed by atoms with Crippen LogP contribution in [0.15, 0.2) is 5.38 Å². The summed E-state index contributed by atoms with van der Waals surface area (Å²) in [6.07, 6.45) is 0.